The number of carbonyl (C=O) groups excluding carboxylic acids is 1. The predicted molar refractivity (Wildman–Crippen MR) is 60.5 cm³/mol. The molecule has 0 aromatic carbocycles. The largest absolute Gasteiger partial charge is 0.379 e. The second-order valence-corrected chi connectivity index (χ2v) is 2.96. The number of ether oxygens (including phenoxy) is 3. The Morgan fingerprint density at radius 2 is 2.00 bits per heavy atom. The van der Waals surface area contributed by atoms with Crippen LogP contribution < -0.4 is 5.32 Å². The SMILES string of the molecule is COCC(=O)NCCOCCOCCN=[N+]=[N-]. The summed E-state index contributed by atoms with van der Waals surface area (Å²) in [6, 6.07) is 0. The van der Waals surface area contributed by atoms with Gasteiger partial charge in [0.05, 0.1) is 26.4 Å². The van der Waals surface area contributed by atoms with Gasteiger partial charge in [0.1, 0.15) is 6.61 Å². The van der Waals surface area contributed by atoms with Gasteiger partial charge in [-0.05, 0) is 5.53 Å². The zero-order valence-electron chi connectivity index (χ0n) is 9.92. The van der Waals surface area contributed by atoms with Crippen LogP contribution in [0.15, 0.2) is 5.11 Å². The van der Waals surface area contributed by atoms with Crippen LogP contribution in [0.1, 0.15) is 0 Å². The number of nitrogens with one attached hydrogen (secondary N) is 1. The number of methoxy groups -OCH3 is 1. The molecule has 8 heteroatoms. The van der Waals surface area contributed by atoms with Crippen LogP contribution >= 0.6 is 0 Å². The Hall–Kier alpha value is -1.34. The molecule has 0 aromatic heterocycles. The highest BCUT2D eigenvalue weighted by Crippen LogP contribution is 1.80. The third kappa shape index (κ3) is 12.6. The molecule has 0 fully saturated rings. The van der Waals surface area contributed by atoms with Crippen molar-refractivity contribution in [3.8, 4) is 0 Å². The van der Waals surface area contributed by atoms with Crippen molar-refractivity contribution >= 4 is 5.91 Å². The van der Waals surface area contributed by atoms with Crippen molar-refractivity contribution in [1.82, 2.24) is 5.32 Å². The van der Waals surface area contributed by atoms with E-state index in [1.807, 2.05) is 0 Å². The number of azide groups is 1. The van der Waals surface area contributed by atoms with Crippen molar-refractivity contribution < 1.29 is 19.0 Å². The lowest BCUT2D eigenvalue weighted by atomic mass is 10.6. The van der Waals surface area contributed by atoms with Crippen LogP contribution in [0, 0.1) is 0 Å². The first kappa shape index (κ1) is 15.7. The molecule has 1 amide bonds. The van der Waals surface area contributed by atoms with Gasteiger partial charge in [0.25, 0.3) is 0 Å². The summed E-state index contributed by atoms with van der Waals surface area (Å²) in [5, 5.41) is 5.93. The highest BCUT2D eigenvalue weighted by molar-refractivity contribution is 5.77. The van der Waals surface area contributed by atoms with Gasteiger partial charge >= 0.3 is 0 Å². The average Bonchev–Trinajstić information content (AvgIpc) is 2.32. The molecular formula is C9H18N4O4. The lowest BCUT2D eigenvalue weighted by Gasteiger charge is -2.06. The fraction of sp³-hybridized carbons (Fsp3) is 0.889. The molecule has 98 valence electrons. The summed E-state index contributed by atoms with van der Waals surface area (Å²) in [5.41, 5.74) is 7.98. The van der Waals surface area contributed by atoms with Gasteiger partial charge in [-0.15, -0.1) is 0 Å². The number of carbonyl (C=O) groups is 1. The Labute approximate surface area is 99.8 Å². The van der Waals surface area contributed by atoms with Crippen molar-refractivity contribution in [3.05, 3.63) is 10.4 Å². The molecule has 0 aliphatic heterocycles. The summed E-state index contributed by atoms with van der Waals surface area (Å²) < 4.78 is 14.9. The van der Waals surface area contributed by atoms with Crippen LogP contribution in [0.4, 0.5) is 0 Å². The van der Waals surface area contributed by atoms with Crippen molar-refractivity contribution in [2.24, 2.45) is 5.11 Å². The molecule has 0 bridgehead atoms. The van der Waals surface area contributed by atoms with Crippen molar-refractivity contribution in [2.45, 2.75) is 0 Å². The van der Waals surface area contributed by atoms with E-state index in [0.717, 1.165) is 0 Å². The Kier molecular flexibility index (Phi) is 11.7. The van der Waals surface area contributed by atoms with Gasteiger partial charge in [0, 0.05) is 25.1 Å². The summed E-state index contributed by atoms with van der Waals surface area (Å²) in [5.74, 6) is -0.165. The van der Waals surface area contributed by atoms with E-state index in [2.05, 4.69) is 20.1 Å². The maximum Gasteiger partial charge on any atom is 0.246 e. The third-order valence-electron chi connectivity index (χ3n) is 1.61. The van der Waals surface area contributed by atoms with E-state index in [4.69, 9.17) is 15.0 Å². The zero-order valence-corrected chi connectivity index (χ0v) is 9.92. The van der Waals surface area contributed by atoms with E-state index in [9.17, 15) is 4.79 Å². The fourth-order valence-electron chi connectivity index (χ4n) is 0.917. The smallest absolute Gasteiger partial charge is 0.246 e. The van der Waals surface area contributed by atoms with E-state index < -0.39 is 0 Å². The summed E-state index contributed by atoms with van der Waals surface area (Å²) in [7, 11) is 1.46. The second kappa shape index (κ2) is 12.7. The van der Waals surface area contributed by atoms with E-state index in [1.54, 1.807) is 0 Å². The first-order valence-electron chi connectivity index (χ1n) is 5.23. The second-order valence-electron chi connectivity index (χ2n) is 2.96. The number of hydrogen-bond acceptors (Lipinski definition) is 5. The number of nitrogens with zero attached hydrogens (tertiary/aromatic N) is 3. The number of hydrogen-bond donors (Lipinski definition) is 1. The molecule has 0 radical (unpaired) electrons. The molecule has 0 aliphatic rings. The highest BCUT2D eigenvalue weighted by Gasteiger charge is 1.97. The molecule has 0 saturated heterocycles. The van der Waals surface area contributed by atoms with E-state index in [0.29, 0.717) is 39.5 Å². The standard InChI is InChI=1S/C9H18N4O4/c1-15-8-9(14)11-2-4-16-6-7-17-5-3-12-13-10/h2-8H2,1H3,(H,11,14). The van der Waals surface area contributed by atoms with Crippen LogP contribution in [0.3, 0.4) is 0 Å². The summed E-state index contributed by atoms with van der Waals surface area (Å²) in [6.45, 7) is 2.52. The molecular weight excluding hydrogens is 228 g/mol. The maximum atomic E-state index is 10.9. The molecule has 17 heavy (non-hydrogen) atoms. The molecule has 0 atom stereocenters. The lowest BCUT2D eigenvalue weighted by Crippen LogP contribution is -2.30. The molecule has 0 aliphatic carbocycles. The van der Waals surface area contributed by atoms with Gasteiger partial charge in [0.2, 0.25) is 5.91 Å². The van der Waals surface area contributed by atoms with Crippen molar-refractivity contribution in [3.63, 3.8) is 0 Å². The monoisotopic (exact) mass is 246 g/mol. The Balaban J connectivity index is 3.08. The van der Waals surface area contributed by atoms with Gasteiger partial charge in [-0.2, -0.15) is 0 Å². The minimum atomic E-state index is -0.165. The summed E-state index contributed by atoms with van der Waals surface area (Å²) in [6.07, 6.45) is 0. The minimum Gasteiger partial charge on any atom is -0.379 e. The fourth-order valence-corrected chi connectivity index (χ4v) is 0.917. The predicted octanol–water partition coefficient (Wildman–Crippen LogP) is 0.0925. The topological polar surface area (TPSA) is 106 Å². The molecule has 0 saturated carbocycles. The van der Waals surface area contributed by atoms with Crippen LogP contribution in [0.2, 0.25) is 0 Å². The van der Waals surface area contributed by atoms with E-state index >= 15 is 0 Å². The van der Waals surface area contributed by atoms with Crippen LogP contribution in [-0.2, 0) is 19.0 Å². The third-order valence-corrected chi connectivity index (χ3v) is 1.61. The van der Waals surface area contributed by atoms with Gasteiger partial charge in [-0.3, -0.25) is 4.79 Å². The van der Waals surface area contributed by atoms with E-state index in [1.165, 1.54) is 7.11 Å². The molecule has 1 N–H and O–H groups in total. The van der Waals surface area contributed by atoms with Crippen LogP contribution in [0.25, 0.3) is 10.4 Å². The summed E-state index contributed by atoms with van der Waals surface area (Å²) >= 11 is 0. The molecule has 0 heterocycles. The lowest BCUT2D eigenvalue weighted by molar-refractivity contribution is -0.124. The van der Waals surface area contributed by atoms with Gasteiger partial charge in [-0.1, -0.05) is 5.11 Å². The molecule has 0 unspecified atom stereocenters. The summed E-state index contributed by atoms with van der Waals surface area (Å²) in [4.78, 5) is 13.5. The molecule has 0 spiro atoms. The number of rotatable bonds is 11. The van der Waals surface area contributed by atoms with Crippen LogP contribution in [-0.4, -0.2) is 59.1 Å². The van der Waals surface area contributed by atoms with Crippen LogP contribution in [0.5, 0.6) is 0 Å². The van der Waals surface area contributed by atoms with Crippen molar-refractivity contribution in [1.29, 1.82) is 0 Å². The zero-order chi connectivity index (χ0) is 12.8. The quantitative estimate of drug-likeness (QED) is 0.241. The minimum absolute atomic E-state index is 0.0581. The van der Waals surface area contributed by atoms with Gasteiger partial charge in [0.15, 0.2) is 0 Å². The Bertz CT molecular complexity index is 243. The molecule has 0 rings (SSSR count). The Morgan fingerprint density at radius 3 is 2.65 bits per heavy atom. The molecule has 0 aromatic rings. The first-order chi connectivity index (χ1) is 8.31. The number of amides is 1. The molecule has 8 nitrogen and oxygen atoms in total. The van der Waals surface area contributed by atoms with E-state index in [-0.39, 0.29) is 12.5 Å². The maximum absolute atomic E-state index is 10.9. The highest BCUT2D eigenvalue weighted by atomic mass is 16.5. The normalized spacial score (nSPS) is 9.71. The van der Waals surface area contributed by atoms with Gasteiger partial charge in [-0.25, -0.2) is 0 Å². The van der Waals surface area contributed by atoms with Gasteiger partial charge < -0.3 is 19.5 Å². The first-order valence-corrected chi connectivity index (χ1v) is 5.23. The average molecular weight is 246 g/mol. The van der Waals surface area contributed by atoms with Crippen molar-refractivity contribution in [2.75, 3.05) is 53.2 Å². The Morgan fingerprint density at radius 1 is 1.29 bits per heavy atom.